The van der Waals surface area contributed by atoms with Crippen molar-refractivity contribution in [3.8, 4) is 5.75 Å². The molecule has 3 aromatic rings. The average molecular weight is 350 g/mol. The first kappa shape index (κ1) is 17.4. The van der Waals surface area contributed by atoms with E-state index < -0.39 is 11.9 Å². The molecule has 0 aliphatic carbocycles. The zero-order valence-electron chi connectivity index (χ0n) is 14.5. The summed E-state index contributed by atoms with van der Waals surface area (Å²) in [4.78, 5) is 28.6. The summed E-state index contributed by atoms with van der Waals surface area (Å²) in [5.74, 6) is -1.02. The largest absolute Gasteiger partial charge is 0.465 e. The minimum absolute atomic E-state index is 0.0999. The fourth-order valence-corrected chi connectivity index (χ4v) is 2.65. The van der Waals surface area contributed by atoms with Gasteiger partial charge >= 0.3 is 11.9 Å². The molecule has 6 nitrogen and oxygen atoms in total. The molecule has 1 heterocycles. The molecule has 0 radical (unpaired) electrons. The predicted molar refractivity (Wildman–Crippen MR) is 95.2 cm³/mol. The molecule has 0 fully saturated rings. The van der Waals surface area contributed by atoms with Crippen LogP contribution >= 0.6 is 0 Å². The monoisotopic (exact) mass is 350 g/mol. The number of hydrogen-bond donors (Lipinski definition) is 0. The molecule has 1 unspecified atom stereocenters. The van der Waals surface area contributed by atoms with Gasteiger partial charge in [-0.15, -0.1) is 0 Å². The number of rotatable bonds is 5. The number of para-hydroxylation sites is 1. The molecular formula is C20H18N2O4. The molecule has 0 bridgehead atoms. The van der Waals surface area contributed by atoms with Gasteiger partial charge in [-0.05, 0) is 24.6 Å². The molecule has 0 saturated carbocycles. The number of benzene rings is 2. The normalized spacial score (nSPS) is 11.6. The highest BCUT2D eigenvalue weighted by Gasteiger charge is 2.21. The standard InChI is InChI=1S/C20H18N2O4/c1-14(15-8-4-3-5-9-15)22-13-21-12-17(22)20(24)26-18-11-7-6-10-16(18)19(23)25-2/h3-14H,1-2H3. The van der Waals surface area contributed by atoms with Crippen molar-refractivity contribution in [3.63, 3.8) is 0 Å². The van der Waals surface area contributed by atoms with E-state index in [4.69, 9.17) is 9.47 Å². The first-order valence-electron chi connectivity index (χ1n) is 8.08. The van der Waals surface area contributed by atoms with Crippen LogP contribution in [0.5, 0.6) is 5.75 Å². The maximum atomic E-state index is 12.7. The van der Waals surface area contributed by atoms with Crippen LogP contribution in [-0.2, 0) is 4.74 Å². The second-order valence-corrected chi connectivity index (χ2v) is 5.65. The van der Waals surface area contributed by atoms with E-state index in [1.54, 1.807) is 35.2 Å². The van der Waals surface area contributed by atoms with Crippen LogP contribution in [0.15, 0.2) is 67.1 Å². The molecule has 3 rings (SSSR count). The van der Waals surface area contributed by atoms with Gasteiger partial charge < -0.3 is 14.0 Å². The molecule has 6 heteroatoms. The number of methoxy groups -OCH3 is 1. The van der Waals surface area contributed by atoms with E-state index in [0.29, 0.717) is 5.69 Å². The Morgan fingerprint density at radius 2 is 1.69 bits per heavy atom. The molecule has 0 N–H and O–H groups in total. The van der Waals surface area contributed by atoms with Crippen LogP contribution in [0.3, 0.4) is 0 Å². The van der Waals surface area contributed by atoms with Crippen LogP contribution in [0.4, 0.5) is 0 Å². The molecule has 0 aliphatic rings. The van der Waals surface area contributed by atoms with Crippen LogP contribution in [-0.4, -0.2) is 28.6 Å². The highest BCUT2D eigenvalue weighted by Crippen LogP contribution is 2.23. The van der Waals surface area contributed by atoms with Gasteiger partial charge in [0.15, 0.2) is 0 Å². The molecule has 132 valence electrons. The van der Waals surface area contributed by atoms with E-state index >= 15 is 0 Å². The number of ether oxygens (including phenoxy) is 2. The first-order valence-corrected chi connectivity index (χ1v) is 8.08. The number of carbonyl (C=O) groups excluding carboxylic acids is 2. The maximum Gasteiger partial charge on any atom is 0.362 e. The molecule has 1 aromatic heterocycles. The Kier molecular flexibility index (Phi) is 5.12. The van der Waals surface area contributed by atoms with E-state index in [1.165, 1.54) is 13.3 Å². The van der Waals surface area contributed by atoms with E-state index in [1.807, 2.05) is 37.3 Å². The van der Waals surface area contributed by atoms with Crippen molar-refractivity contribution < 1.29 is 19.1 Å². The predicted octanol–water partition coefficient (Wildman–Crippen LogP) is 3.50. The summed E-state index contributed by atoms with van der Waals surface area (Å²) >= 11 is 0. The van der Waals surface area contributed by atoms with E-state index in [-0.39, 0.29) is 17.4 Å². The molecule has 0 amide bonds. The molecule has 2 aromatic carbocycles. The lowest BCUT2D eigenvalue weighted by Gasteiger charge is -2.16. The quantitative estimate of drug-likeness (QED) is 0.520. The Morgan fingerprint density at radius 3 is 2.42 bits per heavy atom. The number of esters is 2. The van der Waals surface area contributed by atoms with Crippen LogP contribution in [0.25, 0.3) is 0 Å². The summed E-state index contributed by atoms with van der Waals surface area (Å²) in [5.41, 5.74) is 1.51. The van der Waals surface area contributed by atoms with E-state index in [9.17, 15) is 9.59 Å². The van der Waals surface area contributed by atoms with Crippen molar-refractivity contribution in [1.82, 2.24) is 9.55 Å². The van der Waals surface area contributed by atoms with Gasteiger partial charge in [-0.3, -0.25) is 0 Å². The summed E-state index contributed by atoms with van der Waals surface area (Å²) in [6, 6.07) is 16.1. The van der Waals surface area contributed by atoms with Crippen molar-refractivity contribution in [2.24, 2.45) is 0 Å². The second-order valence-electron chi connectivity index (χ2n) is 5.65. The SMILES string of the molecule is COC(=O)c1ccccc1OC(=O)c1cncn1C(C)c1ccccc1. The fourth-order valence-electron chi connectivity index (χ4n) is 2.65. The Bertz CT molecular complexity index is 918. The van der Waals surface area contributed by atoms with Gasteiger partial charge in [-0.25, -0.2) is 14.6 Å². The minimum Gasteiger partial charge on any atom is -0.465 e. The van der Waals surface area contributed by atoms with Crippen LogP contribution in [0, 0.1) is 0 Å². The Morgan fingerprint density at radius 1 is 1.00 bits per heavy atom. The summed E-state index contributed by atoms with van der Waals surface area (Å²) < 4.78 is 11.9. The summed E-state index contributed by atoms with van der Waals surface area (Å²) in [6.07, 6.45) is 3.03. The number of hydrogen-bond acceptors (Lipinski definition) is 5. The third kappa shape index (κ3) is 3.49. The summed E-state index contributed by atoms with van der Waals surface area (Å²) in [6.45, 7) is 1.97. The summed E-state index contributed by atoms with van der Waals surface area (Å²) in [7, 11) is 1.28. The number of imidazole rings is 1. The van der Waals surface area contributed by atoms with Crippen molar-refractivity contribution in [2.75, 3.05) is 7.11 Å². The van der Waals surface area contributed by atoms with Gasteiger partial charge in [-0.1, -0.05) is 42.5 Å². The van der Waals surface area contributed by atoms with Gasteiger partial charge in [0.1, 0.15) is 17.0 Å². The minimum atomic E-state index is -0.596. The van der Waals surface area contributed by atoms with Gasteiger partial charge in [0.05, 0.1) is 25.7 Å². The highest BCUT2D eigenvalue weighted by molar-refractivity contribution is 5.95. The third-order valence-electron chi connectivity index (χ3n) is 4.07. The van der Waals surface area contributed by atoms with Crippen molar-refractivity contribution in [1.29, 1.82) is 0 Å². The van der Waals surface area contributed by atoms with E-state index in [2.05, 4.69) is 4.98 Å². The third-order valence-corrected chi connectivity index (χ3v) is 4.07. The molecule has 1 atom stereocenters. The lowest BCUT2D eigenvalue weighted by atomic mass is 10.1. The van der Waals surface area contributed by atoms with Crippen LogP contribution < -0.4 is 4.74 Å². The topological polar surface area (TPSA) is 70.4 Å². The average Bonchev–Trinajstić information content (AvgIpc) is 3.18. The Labute approximate surface area is 151 Å². The second kappa shape index (κ2) is 7.65. The van der Waals surface area contributed by atoms with Crippen LogP contribution in [0.1, 0.15) is 39.4 Å². The highest BCUT2D eigenvalue weighted by atomic mass is 16.5. The van der Waals surface area contributed by atoms with Crippen molar-refractivity contribution in [2.45, 2.75) is 13.0 Å². The number of nitrogens with zero attached hydrogens (tertiary/aromatic N) is 2. The molecule has 0 spiro atoms. The summed E-state index contributed by atoms with van der Waals surface area (Å²) in [5, 5.41) is 0. The molecular weight excluding hydrogens is 332 g/mol. The van der Waals surface area contributed by atoms with Gasteiger partial charge in [0, 0.05) is 0 Å². The lowest BCUT2D eigenvalue weighted by Crippen LogP contribution is -2.18. The first-order chi connectivity index (χ1) is 12.6. The van der Waals surface area contributed by atoms with Gasteiger partial charge in [-0.2, -0.15) is 0 Å². The fraction of sp³-hybridized carbons (Fsp3) is 0.150. The van der Waals surface area contributed by atoms with Gasteiger partial charge in [0.25, 0.3) is 0 Å². The maximum absolute atomic E-state index is 12.7. The number of carbonyl (C=O) groups is 2. The smallest absolute Gasteiger partial charge is 0.362 e. The zero-order valence-corrected chi connectivity index (χ0v) is 14.5. The van der Waals surface area contributed by atoms with Crippen LogP contribution in [0.2, 0.25) is 0 Å². The molecule has 0 aliphatic heterocycles. The Balaban J connectivity index is 1.87. The van der Waals surface area contributed by atoms with E-state index in [0.717, 1.165) is 5.56 Å². The zero-order chi connectivity index (χ0) is 18.5. The Hall–Kier alpha value is -3.41. The van der Waals surface area contributed by atoms with Gasteiger partial charge in [0.2, 0.25) is 0 Å². The molecule has 0 saturated heterocycles. The van der Waals surface area contributed by atoms with Crippen molar-refractivity contribution in [3.05, 3.63) is 83.9 Å². The molecule has 26 heavy (non-hydrogen) atoms. The lowest BCUT2D eigenvalue weighted by molar-refractivity contribution is 0.0592. The van der Waals surface area contributed by atoms with Crippen molar-refractivity contribution >= 4 is 11.9 Å². The number of aromatic nitrogens is 2.